The summed E-state index contributed by atoms with van der Waals surface area (Å²) >= 11 is 0. The molecule has 34 heavy (non-hydrogen) atoms. The molecule has 4 heterocycles. The number of nitrogens with one attached hydrogen (secondary N) is 1. The summed E-state index contributed by atoms with van der Waals surface area (Å²) in [5.74, 6) is 3.09. The van der Waals surface area contributed by atoms with Crippen LogP contribution in [0.2, 0.25) is 0 Å². The molecule has 0 bridgehead atoms. The molecular formula is C26H36N6O2. The Hall–Kier alpha value is -2.90. The third kappa shape index (κ3) is 4.55. The Bertz CT molecular complexity index is 1030. The van der Waals surface area contributed by atoms with Gasteiger partial charge in [-0.25, -0.2) is 9.97 Å². The molecule has 0 saturated carbocycles. The summed E-state index contributed by atoms with van der Waals surface area (Å²) in [5, 5.41) is 3.71. The molecule has 1 amide bonds. The number of aryl methyl sites for hydroxylation is 1. The molecule has 8 heteroatoms. The molecule has 2 aromatic rings. The number of hydrogen-bond donors (Lipinski definition) is 1. The van der Waals surface area contributed by atoms with Crippen LogP contribution in [0, 0.1) is 11.3 Å². The van der Waals surface area contributed by atoms with E-state index in [1.165, 1.54) is 30.2 Å². The van der Waals surface area contributed by atoms with Crippen molar-refractivity contribution in [3.63, 3.8) is 0 Å². The SMILES string of the molecule is C=CC(=O)N1CC2(CCN(c3nc4c(c(NC(CCC(C)C)c5ncco5)n3)CCCC4)C2)C1. The minimum atomic E-state index is -0.0128. The van der Waals surface area contributed by atoms with E-state index in [1.54, 1.807) is 12.5 Å². The Morgan fingerprint density at radius 1 is 1.24 bits per heavy atom. The van der Waals surface area contributed by atoms with Crippen LogP contribution in [0.5, 0.6) is 0 Å². The summed E-state index contributed by atoms with van der Waals surface area (Å²) in [6.07, 6.45) is 12.2. The fourth-order valence-electron chi connectivity index (χ4n) is 5.58. The number of carbonyl (C=O) groups is 1. The van der Waals surface area contributed by atoms with E-state index in [4.69, 9.17) is 14.4 Å². The maximum Gasteiger partial charge on any atom is 0.245 e. The van der Waals surface area contributed by atoms with Gasteiger partial charge in [0, 0.05) is 37.2 Å². The van der Waals surface area contributed by atoms with Gasteiger partial charge in [-0.15, -0.1) is 0 Å². The quantitative estimate of drug-likeness (QED) is 0.587. The zero-order valence-electron chi connectivity index (χ0n) is 20.4. The predicted octanol–water partition coefficient (Wildman–Crippen LogP) is 4.16. The molecule has 2 fully saturated rings. The van der Waals surface area contributed by atoms with Gasteiger partial charge in [-0.2, -0.15) is 4.98 Å². The van der Waals surface area contributed by atoms with Crippen LogP contribution in [-0.2, 0) is 17.6 Å². The lowest BCUT2D eigenvalue weighted by molar-refractivity contribution is -0.136. The smallest absolute Gasteiger partial charge is 0.245 e. The number of likely N-dealkylation sites (tertiary alicyclic amines) is 1. The highest BCUT2D eigenvalue weighted by molar-refractivity contribution is 5.87. The van der Waals surface area contributed by atoms with Crippen molar-refractivity contribution in [3.05, 3.63) is 42.3 Å². The minimum absolute atomic E-state index is 0.0128. The molecule has 1 spiro atoms. The Balaban J connectivity index is 1.38. The fourth-order valence-corrected chi connectivity index (χ4v) is 5.58. The number of carbonyl (C=O) groups excluding carboxylic acids is 1. The van der Waals surface area contributed by atoms with Crippen LogP contribution in [0.15, 0.2) is 29.5 Å². The fraction of sp³-hybridized carbons (Fsp3) is 0.615. The van der Waals surface area contributed by atoms with Crippen LogP contribution in [0.3, 0.4) is 0 Å². The number of rotatable bonds is 8. The highest BCUT2D eigenvalue weighted by atomic mass is 16.3. The molecule has 0 aromatic carbocycles. The average molecular weight is 465 g/mol. The number of oxazole rings is 1. The first kappa shape index (κ1) is 22.9. The van der Waals surface area contributed by atoms with Crippen LogP contribution in [0.4, 0.5) is 11.8 Å². The monoisotopic (exact) mass is 464 g/mol. The molecule has 5 rings (SSSR count). The van der Waals surface area contributed by atoms with Crippen LogP contribution in [0.25, 0.3) is 0 Å². The number of nitrogens with zero attached hydrogens (tertiary/aromatic N) is 5. The van der Waals surface area contributed by atoms with E-state index in [0.29, 0.717) is 11.8 Å². The Labute approximate surface area is 201 Å². The largest absolute Gasteiger partial charge is 0.447 e. The molecule has 3 aliphatic rings. The second kappa shape index (κ2) is 9.39. The van der Waals surface area contributed by atoms with Crippen molar-refractivity contribution in [1.29, 1.82) is 0 Å². The molecule has 2 aromatic heterocycles. The highest BCUT2D eigenvalue weighted by Crippen LogP contribution is 2.41. The van der Waals surface area contributed by atoms with Crippen molar-refractivity contribution in [3.8, 4) is 0 Å². The summed E-state index contributed by atoms with van der Waals surface area (Å²) in [6.45, 7) is 11.5. The topological polar surface area (TPSA) is 87.4 Å². The van der Waals surface area contributed by atoms with Gasteiger partial charge < -0.3 is 19.5 Å². The molecule has 2 saturated heterocycles. The van der Waals surface area contributed by atoms with E-state index >= 15 is 0 Å². The van der Waals surface area contributed by atoms with Crippen LogP contribution in [-0.4, -0.2) is 51.9 Å². The number of anilines is 2. The van der Waals surface area contributed by atoms with Gasteiger partial charge in [-0.05, 0) is 56.9 Å². The van der Waals surface area contributed by atoms with Crippen molar-refractivity contribution < 1.29 is 9.21 Å². The zero-order valence-corrected chi connectivity index (χ0v) is 20.4. The van der Waals surface area contributed by atoms with Crippen molar-refractivity contribution >= 4 is 17.7 Å². The van der Waals surface area contributed by atoms with Gasteiger partial charge in [0.05, 0.1) is 11.9 Å². The van der Waals surface area contributed by atoms with Crippen molar-refractivity contribution in [1.82, 2.24) is 19.9 Å². The third-order valence-corrected chi connectivity index (χ3v) is 7.52. The molecule has 8 nitrogen and oxygen atoms in total. The summed E-state index contributed by atoms with van der Waals surface area (Å²) < 4.78 is 5.70. The maximum absolute atomic E-state index is 11.9. The lowest BCUT2D eigenvalue weighted by Crippen LogP contribution is -2.59. The normalized spacial score (nSPS) is 19.7. The number of amides is 1. The van der Waals surface area contributed by atoms with Crippen molar-refractivity contribution in [2.75, 3.05) is 36.4 Å². The third-order valence-electron chi connectivity index (χ3n) is 7.52. The first-order chi connectivity index (χ1) is 16.5. The van der Waals surface area contributed by atoms with Gasteiger partial charge in [0.15, 0.2) is 0 Å². The molecule has 1 N–H and O–H groups in total. The summed E-state index contributed by atoms with van der Waals surface area (Å²) in [5.41, 5.74) is 2.58. The van der Waals surface area contributed by atoms with E-state index < -0.39 is 0 Å². The number of aromatic nitrogens is 3. The van der Waals surface area contributed by atoms with Crippen molar-refractivity contribution in [2.45, 2.75) is 64.8 Å². The van der Waals surface area contributed by atoms with E-state index in [-0.39, 0.29) is 17.4 Å². The number of hydrogen-bond acceptors (Lipinski definition) is 7. The average Bonchev–Trinajstić information content (AvgIpc) is 3.50. The van der Waals surface area contributed by atoms with Gasteiger partial charge in [0.2, 0.25) is 17.7 Å². The van der Waals surface area contributed by atoms with Gasteiger partial charge in [0.1, 0.15) is 18.1 Å². The molecule has 1 aliphatic carbocycles. The van der Waals surface area contributed by atoms with Gasteiger partial charge >= 0.3 is 0 Å². The molecule has 0 radical (unpaired) electrons. The predicted molar refractivity (Wildman–Crippen MR) is 132 cm³/mol. The summed E-state index contributed by atoms with van der Waals surface area (Å²) in [6, 6.07) is -0.0128. The van der Waals surface area contributed by atoms with Crippen LogP contribution >= 0.6 is 0 Å². The van der Waals surface area contributed by atoms with Crippen molar-refractivity contribution in [2.24, 2.45) is 11.3 Å². The second-order valence-electron chi connectivity index (χ2n) is 10.6. The first-order valence-electron chi connectivity index (χ1n) is 12.7. The maximum atomic E-state index is 11.9. The van der Waals surface area contributed by atoms with E-state index in [0.717, 1.165) is 70.0 Å². The Kier molecular flexibility index (Phi) is 6.32. The Morgan fingerprint density at radius 2 is 2.06 bits per heavy atom. The lowest BCUT2D eigenvalue weighted by Gasteiger charge is -2.47. The van der Waals surface area contributed by atoms with E-state index in [1.807, 2.05) is 4.90 Å². The Morgan fingerprint density at radius 3 is 2.79 bits per heavy atom. The molecule has 182 valence electrons. The van der Waals surface area contributed by atoms with Crippen LogP contribution in [0.1, 0.15) is 69.1 Å². The molecular weight excluding hydrogens is 428 g/mol. The van der Waals surface area contributed by atoms with E-state index in [2.05, 4.69) is 35.6 Å². The first-order valence-corrected chi connectivity index (χ1v) is 12.7. The minimum Gasteiger partial charge on any atom is -0.447 e. The summed E-state index contributed by atoms with van der Waals surface area (Å²) in [7, 11) is 0. The standard InChI is InChI=1S/C26H36N6O2/c1-4-22(33)32-16-26(17-32)11-13-31(15-26)25-29-20-8-6-5-7-19(20)23(30-25)28-21(10-9-18(2)3)24-27-12-14-34-24/h4,12,14,18,21H,1,5-11,13,15-17H2,2-3H3,(H,28,29,30). The van der Waals surface area contributed by atoms with Crippen LogP contribution < -0.4 is 10.2 Å². The second-order valence-corrected chi connectivity index (χ2v) is 10.6. The number of fused-ring (bicyclic) bond motifs is 1. The molecule has 1 unspecified atom stereocenters. The van der Waals surface area contributed by atoms with Gasteiger partial charge in [0.25, 0.3) is 0 Å². The van der Waals surface area contributed by atoms with E-state index in [9.17, 15) is 4.79 Å². The highest BCUT2D eigenvalue weighted by Gasteiger charge is 2.49. The zero-order chi connectivity index (χ0) is 23.7. The summed E-state index contributed by atoms with van der Waals surface area (Å²) in [4.78, 5) is 30.7. The van der Waals surface area contributed by atoms with Gasteiger partial charge in [-0.1, -0.05) is 20.4 Å². The molecule has 2 aliphatic heterocycles. The lowest BCUT2D eigenvalue weighted by atomic mass is 9.79. The van der Waals surface area contributed by atoms with Gasteiger partial charge in [-0.3, -0.25) is 4.79 Å². The molecule has 1 atom stereocenters.